The van der Waals surface area contributed by atoms with Crippen molar-refractivity contribution < 1.29 is 0 Å². The zero-order valence-corrected chi connectivity index (χ0v) is 20.1. The van der Waals surface area contributed by atoms with E-state index in [-0.39, 0.29) is 24.0 Å². The van der Waals surface area contributed by atoms with E-state index in [9.17, 15) is 0 Å². The number of benzene rings is 1. The normalized spacial score (nSPS) is 13.1. The zero-order chi connectivity index (χ0) is 20.2. The molecule has 0 atom stereocenters. The standard InChI is InChI=1S/C21H28N8.HI/c1-4-22-21(24-14-20-26-25-19-10-7-11-28(19)20)23-13-17-8-5-6-9-18(17)29-16(3)12-15(2)27-29;/h5-6,8-9,12H,4,7,10-11,13-14H2,1-3H3,(H2,22,23,24);1H. The van der Waals surface area contributed by atoms with Crippen LogP contribution in [0.4, 0.5) is 0 Å². The molecule has 4 rings (SSSR count). The van der Waals surface area contributed by atoms with Crippen LogP contribution in [0.5, 0.6) is 0 Å². The molecule has 0 bridgehead atoms. The molecule has 0 saturated carbocycles. The lowest BCUT2D eigenvalue weighted by molar-refractivity contribution is 0.663. The maximum atomic E-state index is 4.80. The number of guanidine groups is 1. The smallest absolute Gasteiger partial charge is 0.191 e. The van der Waals surface area contributed by atoms with Gasteiger partial charge in [-0.25, -0.2) is 9.67 Å². The molecule has 0 unspecified atom stereocenters. The van der Waals surface area contributed by atoms with E-state index in [1.807, 2.05) is 23.7 Å². The summed E-state index contributed by atoms with van der Waals surface area (Å²) < 4.78 is 4.19. The summed E-state index contributed by atoms with van der Waals surface area (Å²) in [5.74, 6) is 2.82. The topological polar surface area (TPSA) is 84.9 Å². The second kappa shape index (κ2) is 10.1. The van der Waals surface area contributed by atoms with Crippen molar-refractivity contribution in [2.24, 2.45) is 4.99 Å². The van der Waals surface area contributed by atoms with Gasteiger partial charge in [-0.15, -0.1) is 34.2 Å². The summed E-state index contributed by atoms with van der Waals surface area (Å²) in [6, 6.07) is 10.4. The molecule has 160 valence electrons. The maximum Gasteiger partial charge on any atom is 0.191 e. The van der Waals surface area contributed by atoms with Crippen LogP contribution in [-0.4, -0.2) is 37.0 Å². The lowest BCUT2D eigenvalue weighted by Gasteiger charge is -2.13. The summed E-state index contributed by atoms with van der Waals surface area (Å²) in [7, 11) is 0. The van der Waals surface area contributed by atoms with Crippen LogP contribution in [0.1, 0.15) is 41.9 Å². The molecular weight excluding hydrogens is 491 g/mol. The lowest BCUT2D eigenvalue weighted by atomic mass is 10.2. The molecule has 30 heavy (non-hydrogen) atoms. The molecule has 9 heteroatoms. The van der Waals surface area contributed by atoms with Crippen LogP contribution >= 0.6 is 24.0 Å². The molecule has 0 aliphatic carbocycles. The first-order valence-electron chi connectivity index (χ1n) is 10.2. The van der Waals surface area contributed by atoms with Crippen molar-refractivity contribution in [2.45, 2.75) is 53.2 Å². The van der Waals surface area contributed by atoms with Crippen LogP contribution in [-0.2, 0) is 26.1 Å². The van der Waals surface area contributed by atoms with Gasteiger partial charge >= 0.3 is 0 Å². The minimum absolute atomic E-state index is 0. The third-order valence-electron chi connectivity index (χ3n) is 5.08. The van der Waals surface area contributed by atoms with Crippen LogP contribution < -0.4 is 10.6 Å². The number of aromatic nitrogens is 5. The van der Waals surface area contributed by atoms with E-state index in [4.69, 9.17) is 4.99 Å². The van der Waals surface area contributed by atoms with E-state index < -0.39 is 0 Å². The third-order valence-corrected chi connectivity index (χ3v) is 5.08. The molecule has 1 aromatic carbocycles. The first kappa shape index (κ1) is 22.3. The number of rotatable bonds is 6. The molecule has 0 saturated heterocycles. The second-order valence-corrected chi connectivity index (χ2v) is 7.30. The van der Waals surface area contributed by atoms with Gasteiger partial charge in [0.15, 0.2) is 11.8 Å². The van der Waals surface area contributed by atoms with Gasteiger partial charge in [-0.3, -0.25) is 0 Å². The molecular formula is C21H29IN8. The molecule has 0 fully saturated rings. The number of hydrogen-bond acceptors (Lipinski definition) is 4. The molecule has 0 amide bonds. The Morgan fingerprint density at radius 1 is 1.17 bits per heavy atom. The summed E-state index contributed by atoms with van der Waals surface area (Å²) in [4.78, 5) is 4.80. The molecule has 2 aromatic heterocycles. The fourth-order valence-corrected chi connectivity index (χ4v) is 3.73. The number of hydrogen-bond donors (Lipinski definition) is 2. The van der Waals surface area contributed by atoms with Crippen LogP contribution in [0.2, 0.25) is 0 Å². The van der Waals surface area contributed by atoms with E-state index in [1.165, 1.54) is 0 Å². The quantitative estimate of drug-likeness (QED) is 0.297. The molecule has 3 aromatic rings. The number of aryl methyl sites for hydroxylation is 3. The van der Waals surface area contributed by atoms with E-state index in [0.717, 1.165) is 66.2 Å². The first-order chi connectivity index (χ1) is 14.2. The van der Waals surface area contributed by atoms with Crippen molar-refractivity contribution in [1.82, 2.24) is 35.2 Å². The Morgan fingerprint density at radius 2 is 2.00 bits per heavy atom. The minimum Gasteiger partial charge on any atom is -0.357 e. The van der Waals surface area contributed by atoms with Crippen LogP contribution in [0.25, 0.3) is 5.69 Å². The summed E-state index contributed by atoms with van der Waals surface area (Å²) in [6.07, 6.45) is 2.17. The van der Waals surface area contributed by atoms with E-state index in [0.29, 0.717) is 13.1 Å². The average molecular weight is 520 g/mol. The van der Waals surface area contributed by atoms with E-state index >= 15 is 0 Å². The number of halogens is 1. The highest BCUT2D eigenvalue weighted by Gasteiger charge is 2.17. The SMILES string of the molecule is CCNC(=NCc1ccccc1-n1nc(C)cc1C)NCc1nnc2n1CCC2.I. The van der Waals surface area contributed by atoms with Crippen molar-refractivity contribution in [3.63, 3.8) is 0 Å². The summed E-state index contributed by atoms with van der Waals surface area (Å²) >= 11 is 0. The molecule has 0 spiro atoms. The molecule has 8 nitrogen and oxygen atoms in total. The summed E-state index contributed by atoms with van der Waals surface area (Å²) in [5, 5.41) is 19.9. The molecule has 2 N–H and O–H groups in total. The number of para-hydroxylation sites is 1. The summed E-state index contributed by atoms with van der Waals surface area (Å²) in [6.45, 7) is 9.11. The Kier molecular flexibility index (Phi) is 7.46. The Labute approximate surface area is 194 Å². The van der Waals surface area contributed by atoms with Crippen molar-refractivity contribution >= 4 is 29.9 Å². The highest BCUT2D eigenvalue weighted by molar-refractivity contribution is 14.0. The Morgan fingerprint density at radius 3 is 2.77 bits per heavy atom. The van der Waals surface area contributed by atoms with Gasteiger partial charge in [-0.05, 0) is 44.9 Å². The van der Waals surface area contributed by atoms with Gasteiger partial charge in [0.2, 0.25) is 0 Å². The Hall–Kier alpha value is -2.43. The van der Waals surface area contributed by atoms with Gasteiger partial charge in [0, 0.05) is 25.2 Å². The fourth-order valence-electron chi connectivity index (χ4n) is 3.73. The highest BCUT2D eigenvalue weighted by Crippen LogP contribution is 2.18. The molecule has 0 radical (unpaired) electrons. The lowest BCUT2D eigenvalue weighted by Crippen LogP contribution is -2.37. The van der Waals surface area contributed by atoms with Crippen molar-refractivity contribution in [3.05, 3.63) is 58.9 Å². The largest absolute Gasteiger partial charge is 0.357 e. The van der Waals surface area contributed by atoms with Gasteiger partial charge < -0.3 is 15.2 Å². The minimum atomic E-state index is 0. The third kappa shape index (κ3) is 4.82. The predicted molar refractivity (Wildman–Crippen MR) is 128 cm³/mol. The average Bonchev–Trinajstić information content (AvgIpc) is 3.41. The molecule has 3 heterocycles. The van der Waals surface area contributed by atoms with E-state index in [1.54, 1.807) is 0 Å². The van der Waals surface area contributed by atoms with Gasteiger partial charge in [0.05, 0.1) is 24.5 Å². The zero-order valence-electron chi connectivity index (χ0n) is 17.7. The number of aliphatic imine (C=N–C) groups is 1. The second-order valence-electron chi connectivity index (χ2n) is 7.30. The predicted octanol–water partition coefficient (Wildman–Crippen LogP) is 2.90. The molecule has 1 aliphatic rings. The fraction of sp³-hybridized carbons (Fsp3) is 0.429. The monoisotopic (exact) mass is 520 g/mol. The van der Waals surface area contributed by atoms with Gasteiger partial charge in [0.1, 0.15) is 5.82 Å². The molecule has 1 aliphatic heterocycles. The summed E-state index contributed by atoms with van der Waals surface area (Å²) in [5.41, 5.74) is 4.31. The van der Waals surface area contributed by atoms with Gasteiger partial charge in [0.25, 0.3) is 0 Å². The Bertz CT molecular complexity index is 1020. The van der Waals surface area contributed by atoms with Gasteiger partial charge in [-0.2, -0.15) is 5.10 Å². The van der Waals surface area contributed by atoms with Crippen LogP contribution in [0.15, 0.2) is 35.3 Å². The van der Waals surface area contributed by atoms with Crippen molar-refractivity contribution in [3.8, 4) is 5.69 Å². The van der Waals surface area contributed by atoms with Crippen LogP contribution in [0.3, 0.4) is 0 Å². The Balaban J connectivity index is 0.00000256. The first-order valence-corrected chi connectivity index (χ1v) is 10.2. The number of nitrogens with zero attached hydrogens (tertiary/aromatic N) is 6. The number of nitrogens with one attached hydrogen (secondary N) is 2. The number of fused-ring (bicyclic) bond motifs is 1. The van der Waals surface area contributed by atoms with Crippen molar-refractivity contribution in [1.29, 1.82) is 0 Å². The van der Waals surface area contributed by atoms with Crippen molar-refractivity contribution in [2.75, 3.05) is 6.54 Å². The van der Waals surface area contributed by atoms with Crippen LogP contribution in [0, 0.1) is 13.8 Å². The maximum absolute atomic E-state index is 4.80. The van der Waals surface area contributed by atoms with E-state index in [2.05, 4.69) is 62.5 Å². The van der Waals surface area contributed by atoms with Gasteiger partial charge in [-0.1, -0.05) is 18.2 Å². The highest BCUT2D eigenvalue weighted by atomic mass is 127.